The summed E-state index contributed by atoms with van der Waals surface area (Å²) >= 11 is 3.13. The van der Waals surface area contributed by atoms with Crippen molar-refractivity contribution < 1.29 is 9.18 Å². The van der Waals surface area contributed by atoms with Crippen LogP contribution in [0.4, 0.5) is 14.9 Å². The summed E-state index contributed by atoms with van der Waals surface area (Å²) in [5, 5.41) is 2.79. The van der Waals surface area contributed by atoms with E-state index >= 15 is 0 Å². The molecule has 1 N–H and O–H groups in total. The van der Waals surface area contributed by atoms with Crippen LogP contribution in [0, 0.1) is 12.7 Å². The first-order valence-electron chi connectivity index (χ1n) is 6.75. The topological polar surface area (TPSA) is 35.6 Å². The van der Waals surface area contributed by atoms with Gasteiger partial charge in [0.2, 0.25) is 0 Å². The van der Waals surface area contributed by atoms with E-state index in [1.54, 1.807) is 11.0 Å². The summed E-state index contributed by atoms with van der Waals surface area (Å²) in [6.45, 7) is 8.15. The number of aryl methyl sites for hydroxylation is 1. The smallest absolute Gasteiger partial charge is 0.321 e. The highest BCUT2D eigenvalue weighted by atomic mass is 79.9. The molecule has 6 heteroatoms. The van der Waals surface area contributed by atoms with Crippen molar-refractivity contribution in [2.75, 3.05) is 38.0 Å². The molecular formula is C14H19BrFN3O. The van der Waals surface area contributed by atoms with Gasteiger partial charge >= 0.3 is 6.03 Å². The van der Waals surface area contributed by atoms with Gasteiger partial charge in [0.15, 0.2) is 0 Å². The molecule has 4 nitrogen and oxygen atoms in total. The third-order valence-corrected chi connectivity index (χ3v) is 4.22. The van der Waals surface area contributed by atoms with Gasteiger partial charge in [-0.05, 0) is 47.1 Å². The van der Waals surface area contributed by atoms with Gasteiger partial charge in [-0.15, -0.1) is 0 Å². The second-order valence-corrected chi connectivity index (χ2v) is 5.79. The Balaban J connectivity index is 2.00. The Morgan fingerprint density at radius 1 is 1.35 bits per heavy atom. The maximum atomic E-state index is 13.5. The van der Waals surface area contributed by atoms with E-state index in [1.807, 2.05) is 6.92 Å². The van der Waals surface area contributed by atoms with E-state index in [0.717, 1.165) is 25.2 Å². The van der Waals surface area contributed by atoms with Gasteiger partial charge in [0.05, 0.1) is 4.47 Å². The minimum atomic E-state index is -0.373. The van der Waals surface area contributed by atoms with Crippen LogP contribution in [0.15, 0.2) is 16.6 Å². The number of likely N-dealkylation sites (N-methyl/N-ethyl adjacent to an activating group) is 1. The van der Waals surface area contributed by atoms with Gasteiger partial charge in [0, 0.05) is 31.9 Å². The van der Waals surface area contributed by atoms with Crippen molar-refractivity contribution >= 4 is 27.6 Å². The van der Waals surface area contributed by atoms with Crippen molar-refractivity contribution in [1.82, 2.24) is 9.80 Å². The Morgan fingerprint density at radius 3 is 2.60 bits per heavy atom. The zero-order valence-corrected chi connectivity index (χ0v) is 13.3. The van der Waals surface area contributed by atoms with E-state index in [2.05, 4.69) is 33.1 Å². The summed E-state index contributed by atoms with van der Waals surface area (Å²) in [5.41, 5.74) is 1.35. The number of piperazine rings is 1. The van der Waals surface area contributed by atoms with E-state index in [1.165, 1.54) is 6.07 Å². The fourth-order valence-electron chi connectivity index (χ4n) is 2.24. The van der Waals surface area contributed by atoms with Crippen LogP contribution >= 0.6 is 15.9 Å². The molecule has 1 fully saturated rings. The van der Waals surface area contributed by atoms with Crippen LogP contribution < -0.4 is 5.32 Å². The highest BCUT2D eigenvalue weighted by Crippen LogP contribution is 2.24. The van der Waals surface area contributed by atoms with Crippen LogP contribution in [0.2, 0.25) is 0 Å². The maximum absolute atomic E-state index is 13.5. The van der Waals surface area contributed by atoms with Gasteiger partial charge < -0.3 is 15.1 Å². The fraction of sp³-hybridized carbons (Fsp3) is 0.500. The van der Waals surface area contributed by atoms with Crippen LogP contribution in [0.1, 0.15) is 12.5 Å². The van der Waals surface area contributed by atoms with Gasteiger partial charge in [0.25, 0.3) is 0 Å². The lowest BCUT2D eigenvalue weighted by Crippen LogP contribution is -2.49. The SMILES string of the molecule is CCN1CCN(C(=O)Nc2cc(F)c(Br)cc2C)CC1. The fourth-order valence-corrected chi connectivity index (χ4v) is 2.70. The summed E-state index contributed by atoms with van der Waals surface area (Å²) < 4.78 is 13.9. The van der Waals surface area contributed by atoms with Gasteiger partial charge in [-0.2, -0.15) is 0 Å². The summed E-state index contributed by atoms with van der Waals surface area (Å²) in [6, 6.07) is 2.85. The third kappa shape index (κ3) is 3.49. The average Bonchev–Trinajstić information content (AvgIpc) is 2.44. The third-order valence-electron chi connectivity index (χ3n) is 3.62. The number of urea groups is 1. The molecule has 1 aromatic rings. The summed E-state index contributed by atoms with van der Waals surface area (Å²) in [6.07, 6.45) is 0. The zero-order chi connectivity index (χ0) is 14.7. The van der Waals surface area contributed by atoms with E-state index in [4.69, 9.17) is 0 Å². The number of nitrogens with zero attached hydrogens (tertiary/aromatic N) is 2. The quantitative estimate of drug-likeness (QED) is 0.895. The van der Waals surface area contributed by atoms with Gasteiger partial charge in [0.1, 0.15) is 5.82 Å². The molecule has 0 aromatic heterocycles. The molecule has 0 bridgehead atoms. The van der Waals surface area contributed by atoms with Gasteiger partial charge in [-0.3, -0.25) is 0 Å². The number of hydrogen-bond acceptors (Lipinski definition) is 2. The lowest BCUT2D eigenvalue weighted by Gasteiger charge is -2.34. The predicted octanol–water partition coefficient (Wildman–Crippen LogP) is 3.07. The molecule has 2 rings (SSSR count). The summed E-state index contributed by atoms with van der Waals surface area (Å²) in [4.78, 5) is 16.2. The molecule has 20 heavy (non-hydrogen) atoms. The van der Waals surface area contributed by atoms with E-state index in [0.29, 0.717) is 23.2 Å². The Labute approximate surface area is 127 Å². The minimum absolute atomic E-state index is 0.162. The second-order valence-electron chi connectivity index (χ2n) is 4.93. The molecular weight excluding hydrogens is 325 g/mol. The lowest BCUT2D eigenvalue weighted by molar-refractivity contribution is 0.151. The number of amides is 2. The van der Waals surface area contributed by atoms with Crippen LogP contribution in [-0.2, 0) is 0 Å². The molecule has 0 aliphatic carbocycles. The van der Waals surface area contributed by atoms with Crippen molar-refractivity contribution in [3.63, 3.8) is 0 Å². The Morgan fingerprint density at radius 2 is 2.00 bits per heavy atom. The van der Waals surface area contributed by atoms with Crippen LogP contribution in [-0.4, -0.2) is 48.6 Å². The highest BCUT2D eigenvalue weighted by Gasteiger charge is 2.20. The van der Waals surface area contributed by atoms with Gasteiger partial charge in [-0.25, -0.2) is 9.18 Å². The van der Waals surface area contributed by atoms with Gasteiger partial charge in [-0.1, -0.05) is 6.92 Å². The molecule has 0 spiro atoms. The molecule has 1 saturated heterocycles. The second kappa shape index (κ2) is 6.54. The van der Waals surface area contributed by atoms with Crippen molar-refractivity contribution in [3.05, 3.63) is 28.0 Å². The minimum Gasteiger partial charge on any atom is -0.322 e. The molecule has 0 unspecified atom stereocenters. The van der Waals surface area contributed by atoms with Crippen LogP contribution in [0.3, 0.4) is 0 Å². The Bertz CT molecular complexity index is 501. The van der Waals surface area contributed by atoms with Crippen molar-refractivity contribution in [1.29, 1.82) is 0 Å². The predicted molar refractivity (Wildman–Crippen MR) is 81.5 cm³/mol. The number of benzene rings is 1. The maximum Gasteiger partial charge on any atom is 0.321 e. The highest BCUT2D eigenvalue weighted by molar-refractivity contribution is 9.10. The first-order valence-corrected chi connectivity index (χ1v) is 7.54. The van der Waals surface area contributed by atoms with E-state index in [9.17, 15) is 9.18 Å². The number of anilines is 1. The number of carbonyl (C=O) groups is 1. The number of hydrogen-bond donors (Lipinski definition) is 1. The summed E-state index contributed by atoms with van der Waals surface area (Å²) in [7, 11) is 0. The van der Waals surface area contributed by atoms with Crippen LogP contribution in [0.5, 0.6) is 0 Å². The number of halogens is 2. The molecule has 1 aliphatic heterocycles. The van der Waals surface area contributed by atoms with Crippen molar-refractivity contribution in [3.8, 4) is 0 Å². The first kappa shape index (κ1) is 15.3. The van der Waals surface area contributed by atoms with Crippen molar-refractivity contribution in [2.45, 2.75) is 13.8 Å². The molecule has 0 saturated carbocycles. The number of carbonyl (C=O) groups excluding carboxylic acids is 1. The summed E-state index contributed by atoms with van der Waals surface area (Å²) in [5.74, 6) is -0.373. The average molecular weight is 344 g/mol. The Hall–Kier alpha value is -1.14. The molecule has 1 aliphatic rings. The van der Waals surface area contributed by atoms with Crippen LogP contribution in [0.25, 0.3) is 0 Å². The Kier molecular flexibility index (Phi) is 4.99. The monoisotopic (exact) mass is 343 g/mol. The standard InChI is InChI=1S/C14H19BrFN3O/c1-3-18-4-6-19(7-5-18)14(20)17-13-9-12(16)11(15)8-10(13)2/h8-9H,3-7H2,1-2H3,(H,17,20). The van der Waals surface area contributed by atoms with Crippen molar-refractivity contribution in [2.24, 2.45) is 0 Å². The zero-order valence-electron chi connectivity index (χ0n) is 11.7. The number of nitrogens with one attached hydrogen (secondary N) is 1. The molecule has 1 heterocycles. The largest absolute Gasteiger partial charge is 0.322 e. The first-order chi connectivity index (χ1) is 9.51. The molecule has 0 atom stereocenters. The lowest BCUT2D eigenvalue weighted by atomic mass is 10.2. The molecule has 1 aromatic carbocycles. The number of rotatable bonds is 2. The van der Waals surface area contributed by atoms with E-state index in [-0.39, 0.29) is 11.8 Å². The van der Waals surface area contributed by atoms with E-state index < -0.39 is 0 Å². The molecule has 110 valence electrons. The molecule has 2 amide bonds. The molecule has 0 radical (unpaired) electrons. The normalized spacial score (nSPS) is 16.3.